The number of thiazole rings is 1. The maximum Gasteiger partial charge on any atom is 0.338 e. The summed E-state index contributed by atoms with van der Waals surface area (Å²) in [6.07, 6.45) is 1.52. The van der Waals surface area contributed by atoms with Crippen LogP contribution in [-0.4, -0.2) is 39.1 Å². The van der Waals surface area contributed by atoms with Gasteiger partial charge in [0.05, 0.1) is 34.4 Å². The number of hydrogen-bond acceptors (Lipinski definition) is 11. The summed E-state index contributed by atoms with van der Waals surface area (Å²) in [5.74, 6) is -0.305. The number of aromatic amines is 1. The zero-order valence-corrected chi connectivity index (χ0v) is 28.5. The van der Waals surface area contributed by atoms with Gasteiger partial charge in [-0.15, -0.1) is 0 Å². The van der Waals surface area contributed by atoms with Gasteiger partial charge in [0.25, 0.3) is 16.8 Å². The van der Waals surface area contributed by atoms with Crippen molar-refractivity contribution >= 4 is 58.1 Å². The Labute approximate surface area is 291 Å². The van der Waals surface area contributed by atoms with Crippen molar-refractivity contribution in [3.8, 4) is 5.75 Å². The van der Waals surface area contributed by atoms with Crippen LogP contribution < -0.4 is 25.2 Å². The van der Waals surface area contributed by atoms with Crippen LogP contribution in [0.5, 0.6) is 5.75 Å². The second kappa shape index (κ2) is 14.0. The van der Waals surface area contributed by atoms with E-state index in [1.807, 2.05) is 18.2 Å². The number of benzene rings is 3. The molecule has 0 radical (unpaired) electrons. The number of aryl methyl sites for hydroxylation is 1. The van der Waals surface area contributed by atoms with Gasteiger partial charge >= 0.3 is 5.97 Å². The Balaban J connectivity index is 1.64. The molecule has 0 bridgehead atoms. The van der Waals surface area contributed by atoms with Crippen molar-refractivity contribution in [3.05, 3.63) is 146 Å². The summed E-state index contributed by atoms with van der Waals surface area (Å²) in [5, 5.41) is 12.4. The quantitative estimate of drug-likeness (QED) is 0.0954. The fourth-order valence-electron chi connectivity index (χ4n) is 5.35. The number of halogens is 1. The lowest BCUT2D eigenvalue weighted by Crippen LogP contribution is -2.40. The maximum atomic E-state index is 14.5. The van der Waals surface area contributed by atoms with Crippen molar-refractivity contribution in [2.24, 2.45) is 4.99 Å². The van der Waals surface area contributed by atoms with Gasteiger partial charge in [-0.05, 0) is 49.8 Å². The van der Waals surface area contributed by atoms with Crippen LogP contribution in [0.25, 0.3) is 11.8 Å². The number of nitro groups is 1. The van der Waals surface area contributed by atoms with Gasteiger partial charge in [0, 0.05) is 44.9 Å². The fraction of sp³-hybridized carbons (Fsp3) is 0.147. The largest absolute Gasteiger partial charge is 0.496 e. The lowest BCUT2D eigenvalue weighted by Gasteiger charge is -2.27. The summed E-state index contributed by atoms with van der Waals surface area (Å²) in [6.45, 7) is 3.43. The molecule has 5 aromatic rings. The van der Waals surface area contributed by atoms with Crippen molar-refractivity contribution in [2.45, 2.75) is 29.9 Å². The molecular weight excluding hydrogens is 690 g/mol. The summed E-state index contributed by atoms with van der Waals surface area (Å²) in [6, 6.07) is 18.4. The molecule has 0 saturated carbocycles. The monoisotopic (exact) mass is 715 g/mol. The van der Waals surface area contributed by atoms with E-state index in [0.717, 1.165) is 23.1 Å². The number of esters is 1. The minimum Gasteiger partial charge on any atom is -0.496 e. The Bertz CT molecular complexity index is 2400. The molecule has 0 spiro atoms. The van der Waals surface area contributed by atoms with E-state index < -0.39 is 22.5 Å². The lowest BCUT2D eigenvalue weighted by atomic mass is 9.92. The van der Waals surface area contributed by atoms with E-state index >= 15 is 0 Å². The summed E-state index contributed by atoms with van der Waals surface area (Å²) >= 11 is 8.60. The van der Waals surface area contributed by atoms with Crippen LogP contribution in [0.2, 0.25) is 5.02 Å². The highest BCUT2D eigenvalue weighted by atomic mass is 35.5. The van der Waals surface area contributed by atoms with Crippen LogP contribution in [-0.2, 0) is 9.53 Å². The van der Waals surface area contributed by atoms with Gasteiger partial charge in [0.15, 0.2) is 9.96 Å². The van der Waals surface area contributed by atoms with E-state index in [0.29, 0.717) is 43.7 Å². The fourth-order valence-corrected chi connectivity index (χ4v) is 7.45. The van der Waals surface area contributed by atoms with Gasteiger partial charge in [-0.3, -0.25) is 24.3 Å². The van der Waals surface area contributed by atoms with Gasteiger partial charge in [-0.25, -0.2) is 14.8 Å². The standard InChI is InChI=1S/C34H26ClN5O7S2/c1-4-47-32(43)28-29(19-8-6-5-7-9-19)38-34-39(30(28)23-17-21(35)10-12-24(23)46-3)31(42)26(49-34)16-20-15-22(40(44)45)11-13-25(20)48-33-36-18(2)14-27(41)37-33/h5-17,30H,4H2,1-3H3,(H,36,37,41)/b26-16-/t30-/m1/s1. The van der Waals surface area contributed by atoms with Crippen LogP contribution >= 0.6 is 34.7 Å². The lowest BCUT2D eigenvalue weighted by molar-refractivity contribution is -0.384. The first-order valence-corrected chi connectivity index (χ1v) is 16.7. The van der Waals surface area contributed by atoms with E-state index in [1.165, 1.54) is 42.0 Å². The van der Waals surface area contributed by atoms with Crippen molar-refractivity contribution in [2.75, 3.05) is 13.7 Å². The number of ether oxygens (including phenoxy) is 2. The van der Waals surface area contributed by atoms with E-state index in [1.54, 1.807) is 44.2 Å². The Morgan fingerprint density at radius 2 is 1.92 bits per heavy atom. The smallest absolute Gasteiger partial charge is 0.338 e. The molecule has 0 saturated heterocycles. The molecule has 3 heterocycles. The van der Waals surface area contributed by atoms with Gasteiger partial charge in [0.2, 0.25) is 0 Å². The highest BCUT2D eigenvalue weighted by molar-refractivity contribution is 7.99. The Morgan fingerprint density at radius 3 is 2.61 bits per heavy atom. The molecule has 12 nitrogen and oxygen atoms in total. The molecule has 1 atom stereocenters. The molecule has 15 heteroatoms. The zero-order chi connectivity index (χ0) is 34.8. The van der Waals surface area contributed by atoms with Gasteiger partial charge in [-0.2, -0.15) is 0 Å². The first-order chi connectivity index (χ1) is 23.6. The predicted molar refractivity (Wildman–Crippen MR) is 186 cm³/mol. The van der Waals surface area contributed by atoms with Gasteiger partial charge < -0.3 is 14.5 Å². The molecule has 0 amide bonds. The molecule has 1 aliphatic rings. The number of nitrogens with one attached hydrogen (secondary N) is 1. The Kier molecular flexibility index (Phi) is 9.62. The van der Waals surface area contributed by atoms with E-state index in [4.69, 9.17) is 26.1 Å². The summed E-state index contributed by atoms with van der Waals surface area (Å²) in [4.78, 5) is 64.2. The molecule has 2 aromatic heterocycles. The van der Waals surface area contributed by atoms with Crippen LogP contribution in [0.1, 0.15) is 35.3 Å². The number of non-ortho nitro benzene ring substituents is 1. The highest BCUT2D eigenvalue weighted by Gasteiger charge is 2.37. The number of carbonyl (C=O) groups excluding carboxylic acids is 1. The Hall–Kier alpha value is -5.31. The van der Waals surface area contributed by atoms with Crippen LogP contribution in [0, 0.1) is 17.0 Å². The highest BCUT2D eigenvalue weighted by Crippen LogP contribution is 2.40. The summed E-state index contributed by atoms with van der Waals surface area (Å²) in [5.41, 5.74) is 1.20. The Morgan fingerprint density at radius 1 is 1.14 bits per heavy atom. The topological polar surface area (TPSA) is 159 Å². The third-order valence-electron chi connectivity index (χ3n) is 7.41. The maximum absolute atomic E-state index is 14.5. The minimum absolute atomic E-state index is 0.0719. The molecule has 1 N–H and O–H groups in total. The van der Waals surface area contributed by atoms with Crippen molar-refractivity contribution in [1.29, 1.82) is 0 Å². The number of carbonyl (C=O) groups is 1. The van der Waals surface area contributed by atoms with E-state index in [2.05, 4.69) is 9.97 Å². The molecule has 0 unspecified atom stereocenters. The predicted octanol–water partition coefficient (Wildman–Crippen LogP) is 5.05. The summed E-state index contributed by atoms with van der Waals surface area (Å²) < 4.78 is 12.8. The van der Waals surface area contributed by atoms with Crippen LogP contribution in [0.15, 0.2) is 103 Å². The zero-order valence-electron chi connectivity index (χ0n) is 26.1. The normalized spacial score (nSPS) is 14.3. The molecule has 0 aliphatic carbocycles. The van der Waals surface area contributed by atoms with Crippen molar-refractivity contribution in [1.82, 2.24) is 14.5 Å². The van der Waals surface area contributed by atoms with Gasteiger partial charge in [0.1, 0.15) is 11.8 Å². The first kappa shape index (κ1) is 33.6. The molecular formula is C34H26ClN5O7S2. The average Bonchev–Trinajstić information content (AvgIpc) is 3.38. The number of nitrogens with zero attached hydrogens (tertiary/aromatic N) is 4. The third-order valence-corrected chi connectivity index (χ3v) is 9.60. The molecule has 248 valence electrons. The number of methoxy groups -OCH3 is 1. The third kappa shape index (κ3) is 6.84. The minimum atomic E-state index is -1.07. The number of nitro benzene ring substituents is 1. The number of hydrogen-bond donors (Lipinski definition) is 1. The van der Waals surface area contributed by atoms with Crippen LogP contribution in [0.3, 0.4) is 0 Å². The second-order valence-corrected chi connectivity index (χ2v) is 13.1. The van der Waals surface area contributed by atoms with Crippen molar-refractivity contribution < 1.29 is 19.2 Å². The number of fused-ring (bicyclic) bond motifs is 1. The van der Waals surface area contributed by atoms with Gasteiger partial charge in [-0.1, -0.05) is 65.0 Å². The number of rotatable bonds is 9. The molecule has 3 aromatic carbocycles. The molecule has 1 aliphatic heterocycles. The second-order valence-electron chi connectivity index (χ2n) is 10.6. The molecule has 49 heavy (non-hydrogen) atoms. The molecule has 0 fully saturated rings. The summed E-state index contributed by atoms with van der Waals surface area (Å²) in [7, 11) is 1.47. The first-order valence-electron chi connectivity index (χ1n) is 14.7. The SMILES string of the molecule is CCOC(=O)C1=C(c2ccccc2)N=c2s/c(=C\c3cc([N+](=O)[O-])ccc3Sc3nc(C)cc(=O)[nH]3)c(=O)n2[C@@H]1c1cc(Cl)ccc1OC. The average molecular weight is 716 g/mol. The van der Waals surface area contributed by atoms with Crippen LogP contribution in [0.4, 0.5) is 5.69 Å². The number of H-pyrrole nitrogens is 1. The van der Waals surface area contributed by atoms with Crippen molar-refractivity contribution in [3.63, 3.8) is 0 Å². The van der Waals surface area contributed by atoms with E-state index in [9.17, 15) is 24.5 Å². The van der Waals surface area contributed by atoms with E-state index in [-0.39, 0.29) is 37.9 Å². The molecule has 6 rings (SSSR count). The number of aromatic nitrogens is 3.